The van der Waals surface area contributed by atoms with Gasteiger partial charge in [0.2, 0.25) is 5.91 Å². The zero-order valence-electron chi connectivity index (χ0n) is 14.0. The monoisotopic (exact) mass is 430 g/mol. The van der Waals surface area contributed by atoms with Crippen LogP contribution < -0.4 is 11.1 Å². The highest BCUT2D eigenvalue weighted by Crippen LogP contribution is 2.13. The molecule has 6 heteroatoms. The van der Waals surface area contributed by atoms with Crippen molar-refractivity contribution in [1.82, 2.24) is 4.90 Å². The summed E-state index contributed by atoms with van der Waals surface area (Å²) in [7, 11) is 0. The molecule has 23 heavy (non-hydrogen) atoms. The second-order valence-corrected chi connectivity index (χ2v) is 5.96. The summed E-state index contributed by atoms with van der Waals surface area (Å²) in [5.41, 5.74) is 9.17. The maximum absolute atomic E-state index is 12.0. The van der Waals surface area contributed by atoms with Crippen LogP contribution in [0.1, 0.15) is 36.8 Å². The van der Waals surface area contributed by atoms with E-state index in [2.05, 4.69) is 16.4 Å². The third kappa shape index (κ3) is 6.76. The van der Waals surface area contributed by atoms with Gasteiger partial charge in [-0.25, -0.2) is 0 Å². The van der Waals surface area contributed by atoms with Crippen LogP contribution in [-0.4, -0.2) is 36.4 Å². The Morgan fingerprint density at radius 2 is 1.78 bits per heavy atom. The lowest BCUT2D eigenvalue weighted by Crippen LogP contribution is -2.36. The Hall–Kier alpha value is -1.31. The zero-order chi connectivity index (χ0) is 15.9. The molecule has 1 saturated heterocycles. The standard InChI is InChI=1S/C17H26N4O.HI/c1-13-10-14(2)12-15(11-13)20-17(18)19-7-6-16(22)21-8-4-3-5-9-21;/h10-12H,3-9H2,1-2H3,(H3,18,19,20);1H. The molecule has 3 N–H and O–H groups in total. The van der Waals surface area contributed by atoms with Gasteiger partial charge in [0.05, 0.1) is 6.54 Å². The predicted octanol–water partition coefficient (Wildman–Crippen LogP) is 3.05. The van der Waals surface area contributed by atoms with E-state index >= 15 is 0 Å². The van der Waals surface area contributed by atoms with Gasteiger partial charge in [-0.05, 0) is 56.4 Å². The van der Waals surface area contributed by atoms with Crippen molar-refractivity contribution in [2.75, 3.05) is 25.0 Å². The van der Waals surface area contributed by atoms with Crippen molar-refractivity contribution in [1.29, 1.82) is 0 Å². The molecule has 1 aromatic rings. The molecular formula is C17H27IN4O. The fraction of sp³-hybridized carbons (Fsp3) is 0.529. The van der Waals surface area contributed by atoms with E-state index in [1.165, 1.54) is 17.5 Å². The molecule has 5 nitrogen and oxygen atoms in total. The molecule has 1 aromatic carbocycles. The number of nitrogens with one attached hydrogen (secondary N) is 1. The van der Waals surface area contributed by atoms with Crippen LogP contribution in [0.15, 0.2) is 23.2 Å². The smallest absolute Gasteiger partial charge is 0.224 e. The van der Waals surface area contributed by atoms with Crippen molar-refractivity contribution in [2.45, 2.75) is 39.5 Å². The van der Waals surface area contributed by atoms with Crippen molar-refractivity contribution < 1.29 is 4.79 Å². The Morgan fingerprint density at radius 1 is 1.17 bits per heavy atom. The van der Waals surface area contributed by atoms with Gasteiger partial charge in [-0.1, -0.05) is 6.07 Å². The van der Waals surface area contributed by atoms with E-state index in [4.69, 9.17) is 5.73 Å². The summed E-state index contributed by atoms with van der Waals surface area (Å²) in [6, 6.07) is 6.15. The number of hydrogen-bond donors (Lipinski definition) is 2. The Kier molecular flexibility index (Phi) is 8.36. The number of guanidine groups is 1. The summed E-state index contributed by atoms with van der Waals surface area (Å²) in [6.45, 7) is 6.29. The van der Waals surface area contributed by atoms with Crippen molar-refractivity contribution >= 4 is 41.5 Å². The van der Waals surface area contributed by atoms with Crippen LogP contribution in [0.4, 0.5) is 5.69 Å². The topological polar surface area (TPSA) is 70.7 Å². The van der Waals surface area contributed by atoms with Gasteiger partial charge in [0.25, 0.3) is 0 Å². The number of hydrogen-bond acceptors (Lipinski definition) is 2. The molecule has 0 aliphatic carbocycles. The minimum absolute atomic E-state index is 0. The first-order valence-corrected chi connectivity index (χ1v) is 7.97. The van der Waals surface area contributed by atoms with Crippen LogP contribution in [-0.2, 0) is 4.79 Å². The molecule has 0 saturated carbocycles. The largest absolute Gasteiger partial charge is 0.370 e. The molecular weight excluding hydrogens is 403 g/mol. The fourth-order valence-electron chi connectivity index (χ4n) is 2.81. The number of anilines is 1. The normalized spacial score (nSPS) is 15.0. The summed E-state index contributed by atoms with van der Waals surface area (Å²) in [4.78, 5) is 18.2. The van der Waals surface area contributed by atoms with Crippen LogP contribution in [0.2, 0.25) is 0 Å². The van der Waals surface area contributed by atoms with Crippen molar-refractivity contribution in [3.8, 4) is 0 Å². The van der Waals surface area contributed by atoms with Gasteiger partial charge in [-0.15, -0.1) is 24.0 Å². The summed E-state index contributed by atoms with van der Waals surface area (Å²) in [6.07, 6.45) is 3.89. The third-order valence-electron chi connectivity index (χ3n) is 3.81. The van der Waals surface area contributed by atoms with Gasteiger partial charge in [0.15, 0.2) is 5.96 Å². The number of halogens is 1. The summed E-state index contributed by atoms with van der Waals surface area (Å²) < 4.78 is 0. The minimum Gasteiger partial charge on any atom is -0.370 e. The molecule has 0 bridgehead atoms. The molecule has 0 radical (unpaired) electrons. The quantitative estimate of drug-likeness (QED) is 0.438. The van der Waals surface area contributed by atoms with E-state index in [1.54, 1.807) is 0 Å². The molecule has 1 aliphatic rings. The minimum atomic E-state index is 0. The third-order valence-corrected chi connectivity index (χ3v) is 3.81. The van der Waals surface area contributed by atoms with Gasteiger partial charge in [-0.2, -0.15) is 0 Å². The number of rotatable bonds is 4. The maximum atomic E-state index is 12.0. The summed E-state index contributed by atoms with van der Waals surface area (Å²) in [5.74, 6) is 0.541. The molecule has 128 valence electrons. The first-order valence-electron chi connectivity index (χ1n) is 7.97. The van der Waals surface area contributed by atoms with E-state index in [0.29, 0.717) is 18.9 Å². The lowest BCUT2D eigenvalue weighted by molar-refractivity contribution is -0.131. The van der Waals surface area contributed by atoms with E-state index in [-0.39, 0.29) is 29.9 Å². The van der Waals surface area contributed by atoms with E-state index in [0.717, 1.165) is 31.6 Å². The molecule has 2 rings (SSSR count). The predicted molar refractivity (Wildman–Crippen MR) is 106 cm³/mol. The molecule has 1 amide bonds. The van der Waals surface area contributed by atoms with E-state index in [1.807, 2.05) is 30.9 Å². The number of nitrogens with zero attached hydrogens (tertiary/aromatic N) is 2. The molecule has 0 unspecified atom stereocenters. The highest BCUT2D eigenvalue weighted by Gasteiger charge is 2.15. The maximum Gasteiger partial charge on any atom is 0.224 e. The molecule has 1 aliphatic heterocycles. The molecule has 1 heterocycles. The van der Waals surface area contributed by atoms with Gasteiger partial charge in [-0.3, -0.25) is 9.79 Å². The van der Waals surface area contributed by atoms with Crippen LogP contribution in [0.25, 0.3) is 0 Å². The Bertz CT molecular complexity index is 533. The highest BCUT2D eigenvalue weighted by atomic mass is 127. The molecule has 0 aromatic heterocycles. The summed E-state index contributed by atoms with van der Waals surface area (Å²) in [5, 5.41) is 3.08. The number of nitrogens with two attached hydrogens (primary N) is 1. The summed E-state index contributed by atoms with van der Waals surface area (Å²) >= 11 is 0. The van der Waals surface area contributed by atoms with Gasteiger partial charge in [0.1, 0.15) is 0 Å². The molecule has 0 atom stereocenters. The average molecular weight is 430 g/mol. The number of piperidine rings is 1. The number of aryl methyl sites for hydroxylation is 2. The van der Waals surface area contributed by atoms with Crippen LogP contribution in [0, 0.1) is 13.8 Å². The van der Waals surface area contributed by atoms with Crippen molar-refractivity contribution in [2.24, 2.45) is 10.7 Å². The highest BCUT2D eigenvalue weighted by molar-refractivity contribution is 14.0. The lowest BCUT2D eigenvalue weighted by Gasteiger charge is -2.26. The van der Waals surface area contributed by atoms with Gasteiger partial charge in [0, 0.05) is 25.2 Å². The van der Waals surface area contributed by atoms with Crippen LogP contribution in [0.5, 0.6) is 0 Å². The second-order valence-electron chi connectivity index (χ2n) is 5.96. The van der Waals surface area contributed by atoms with Crippen LogP contribution in [0.3, 0.4) is 0 Å². The lowest BCUT2D eigenvalue weighted by atomic mass is 10.1. The number of carbonyl (C=O) groups is 1. The zero-order valence-corrected chi connectivity index (χ0v) is 16.3. The fourth-order valence-corrected chi connectivity index (χ4v) is 2.81. The van der Waals surface area contributed by atoms with E-state index in [9.17, 15) is 4.79 Å². The first-order chi connectivity index (χ1) is 10.5. The SMILES string of the molecule is Cc1cc(C)cc(NC(N)=NCCC(=O)N2CCCCC2)c1.I. The Labute approximate surface area is 155 Å². The van der Waals surface area contributed by atoms with Gasteiger partial charge >= 0.3 is 0 Å². The Morgan fingerprint density at radius 3 is 2.39 bits per heavy atom. The van der Waals surface area contributed by atoms with Gasteiger partial charge < -0.3 is 16.0 Å². The second kappa shape index (κ2) is 9.75. The van der Waals surface area contributed by atoms with Crippen LogP contribution >= 0.6 is 24.0 Å². The number of aliphatic imine (C=N–C) groups is 1. The number of likely N-dealkylation sites (tertiary alicyclic amines) is 1. The average Bonchev–Trinajstić information content (AvgIpc) is 2.47. The van der Waals surface area contributed by atoms with Crippen molar-refractivity contribution in [3.05, 3.63) is 29.3 Å². The molecule has 1 fully saturated rings. The number of benzene rings is 1. The van der Waals surface area contributed by atoms with Crippen molar-refractivity contribution in [3.63, 3.8) is 0 Å². The van der Waals surface area contributed by atoms with E-state index < -0.39 is 0 Å². The Balaban J connectivity index is 0.00000264. The first kappa shape index (κ1) is 19.7. The number of carbonyl (C=O) groups excluding carboxylic acids is 1. The number of amides is 1. The molecule has 0 spiro atoms.